The predicted molar refractivity (Wildman–Crippen MR) is 83.2 cm³/mol. The first-order valence-corrected chi connectivity index (χ1v) is 8.29. The standard InChI is InChI=1S/C16H30N2O3/c1-4-12(5-2)11(3)17-16(21)18-14-10-8-6-7-9-13(14)15(19)20/h11-14H,4-10H2,1-3H3,(H,19,20)(H2,17,18,21). The van der Waals surface area contributed by atoms with E-state index in [1.54, 1.807) is 0 Å². The molecule has 1 fully saturated rings. The van der Waals surface area contributed by atoms with Crippen molar-refractivity contribution in [1.82, 2.24) is 10.6 Å². The van der Waals surface area contributed by atoms with Gasteiger partial charge in [0.1, 0.15) is 0 Å². The molecule has 1 aliphatic carbocycles. The summed E-state index contributed by atoms with van der Waals surface area (Å²) in [6.07, 6.45) is 6.43. The Balaban J connectivity index is 2.56. The Bertz CT molecular complexity index is 342. The summed E-state index contributed by atoms with van der Waals surface area (Å²) < 4.78 is 0. The summed E-state index contributed by atoms with van der Waals surface area (Å²) in [5.74, 6) is -0.794. The maximum atomic E-state index is 12.1. The number of hydrogen-bond donors (Lipinski definition) is 3. The van der Waals surface area contributed by atoms with Crippen LogP contribution in [0.2, 0.25) is 0 Å². The summed E-state index contributed by atoms with van der Waals surface area (Å²) in [5.41, 5.74) is 0. The molecule has 0 spiro atoms. The summed E-state index contributed by atoms with van der Waals surface area (Å²) in [6.45, 7) is 6.25. The second-order valence-electron chi connectivity index (χ2n) is 6.17. The zero-order valence-corrected chi connectivity index (χ0v) is 13.5. The first-order chi connectivity index (χ1) is 9.99. The maximum Gasteiger partial charge on any atom is 0.315 e. The molecule has 2 amide bonds. The fourth-order valence-corrected chi connectivity index (χ4v) is 3.31. The van der Waals surface area contributed by atoms with Gasteiger partial charge in [-0.2, -0.15) is 0 Å². The summed E-state index contributed by atoms with van der Waals surface area (Å²) in [5, 5.41) is 15.2. The SMILES string of the molecule is CCC(CC)C(C)NC(=O)NC1CCCCCC1C(=O)O. The molecule has 1 rings (SSSR count). The van der Waals surface area contributed by atoms with Crippen molar-refractivity contribution in [3.05, 3.63) is 0 Å². The quantitative estimate of drug-likeness (QED) is 0.659. The molecule has 3 unspecified atom stereocenters. The van der Waals surface area contributed by atoms with Crippen molar-refractivity contribution in [2.24, 2.45) is 11.8 Å². The zero-order valence-electron chi connectivity index (χ0n) is 13.5. The summed E-state index contributed by atoms with van der Waals surface area (Å²) >= 11 is 0. The number of carboxylic acids is 1. The summed E-state index contributed by atoms with van der Waals surface area (Å²) in [6, 6.07) is -0.375. The lowest BCUT2D eigenvalue weighted by Gasteiger charge is -2.26. The molecular weight excluding hydrogens is 268 g/mol. The van der Waals surface area contributed by atoms with Gasteiger partial charge in [0.2, 0.25) is 0 Å². The Morgan fingerprint density at radius 3 is 2.33 bits per heavy atom. The van der Waals surface area contributed by atoms with Gasteiger partial charge in [-0.15, -0.1) is 0 Å². The highest BCUT2D eigenvalue weighted by molar-refractivity contribution is 5.77. The van der Waals surface area contributed by atoms with Crippen molar-refractivity contribution in [3.63, 3.8) is 0 Å². The molecule has 3 N–H and O–H groups in total. The third-order valence-corrected chi connectivity index (χ3v) is 4.76. The lowest BCUT2D eigenvalue weighted by molar-refractivity contribution is -0.142. The van der Waals surface area contributed by atoms with Crippen LogP contribution in [0.4, 0.5) is 4.79 Å². The Morgan fingerprint density at radius 1 is 1.14 bits per heavy atom. The number of rotatable bonds is 6. The molecule has 0 heterocycles. The first-order valence-electron chi connectivity index (χ1n) is 8.29. The largest absolute Gasteiger partial charge is 0.481 e. The van der Waals surface area contributed by atoms with Gasteiger partial charge in [0.25, 0.3) is 0 Å². The van der Waals surface area contributed by atoms with E-state index in [2.05, 4.69) is 24.5 Å². The minimum absolute atomic E-state index is 0.106. The molecule has 0 aliphatic heterocycles. The average Bonchev–Trinajstić information content (AvgIpc) is 2.65. The van der Waals surface area contributed by atoms with Gasteiger partial charge in [0, 0.05) is 12.1 Å². The minimum atomic E-state index is -0.796. The van der Waals surface area contributed by atoms with E-state index >= 15 is 0 Å². The van der Waals surface area contributed by atoms with Gasteiger partial charge in [0.15, 0.2) is 0 Å². The zero-order chi connectivity index (χ0) is 15.8. The minimum Gasteiger partial charge on any atom is -0.481 e. The lowest BCUT2D eigenvalue weighted by Crippen LogP contribution is -2.50. The van der Waals surface area contributed by atoms with Gasteiger partial charge in [-0.3, -0.25) is 4.79 Å². The van der Waals surface area contributed by atoms with Crippen molar-refractivity contribution >= 4 is 12.0 Å². The van der Waals surface area contributed by atoms with Crippen LogP contribution in [-0.4, -0.2) is 29.2 Å². The highest BCUT2D eigenvalue weighted by Gasteiger charge is 2.31. The number of carboxylic acid groups (broad SMARTS) is 1. The Kier molecular flexibility index (Phi) is 7.54. The highest BCUT2D eigenvalue weighted by Crippen LogP contribution is 2.24. The Hall–Kier alpha value is -1.26. The molecule has 0 saturated heterocycles. The number of amides is 2. The van der Waals surface area contributed by atoms with Crippen LogP contribution in [0.25, 0.3) is 0 Å². The van der Waals surface area contributed by atoms with Crippen molar-refractivity contribution in [2.75, 3.05) is 0 Å². The number of aliphatic carboxylic acids is 1. The van der Waals surface area contributed by atoms with E-state index in [0.717, 1.165) is 38.5 Å². The van der Waals surface area contributed by atoms with Crippen LogP contribution < -0.4 is 10.6 Å². The molecule has 0 aromatic rings. The molecule has 5 nitrogen and oxygen atoms in total. The van der Waals surface area contributed by atoms with Crippen molar-refractivity contribution in [3.8, 4) is 0 Å². The van der Waals surface area contributed by atoms with Gasteiger partial charge >= 0.3 is 12.0 Å². The van der Waals surface area contributed by atoms with E-state index in [1.165, 1.54) is 0 Å². The molecule has 0 bridgehead atoms. The van der Waals surface area contributed by atoms with Gasteiger partial charge < -0.3 is 15.7 Å². The molecule has 21 heavy (non-hydrogen) atoms. The smallest absolute Gasteiger partial charge is 0.315 e. The van der Waals surface area contributed by atoms with Crippen LogP contribution in [0, 0.1) is 11.8 Å². The second-order valence-corrected chi connectivity index (χ2v) is 6.17. The van der Waals surface area contributed by atoms with E-state index in [0.29, 0.717) is 12.3 Å². The van der Waals surface area contributed by atoms with Crippen LogP contribution >= 0.6 is 0 Å². The molecule has 5 heteroatoms. The van der Waals surface area contributed by atoms with Crippen molar-refractivity contribution < 1.29 is 14.7 Å². The highest BCUT2D eigenvalue weighted by atomic mass is 16.4. The molecule has 0 aromatic carbocycles. The normalized spacial score (nSPS) is 24.2. The first kappa shape index (κ1) is 17.8. The molecule has 1 saturated carbocycles. The molecule has 1 aliphatic rings. The fraction of sp³-hybridized carbons (Fsp3) is 0.875. The lowest BCUT2D eigenvalue weighted by atomic mass is 9.94. The number of nitrogens with one attached hydrogen (secondary N) is 2. The number of hydrogen-bond acceptors (Lipinski definition) is 2. The second kappa shape index (κ2) is 8.90. The van der Waals surface area contributed by atoms with E-state index in [1.807, 2.05) is 6.92 Å². The van der Waals surface area contributed by atoms with E-state index in [9.17, 15) is 14.7 Å². The Labute approximate surface area is 127 Å². The van der Waals surface area contributed by atoms with Crippen LogP contribution in [-0.2, 0) is 4.79 Å². The molecule has 3 atom stereocenters. The van der Waals surface area contributed by atoms with E-state index in [-0.39, 0.29) is 18.1 Å². The molecular formula is C16H30N2O3. The Morgan fingerprint density at radius 2 is 1.76 bits per heavy atom. The van der Waals surface area contributed by atoms with Crippen molar-refractivity contribution in [1.29, 1.82) is 0 Å². The van der Waals surface area contributed by atoms with E-state index in [4.69, 9.17) is 0 Å². The third kappa shape index (κ3) is 5.56. The van der Waals surface area contributed by atoms with Crippen molar-refractivity contribution in [2.45, 2.75) is 77.8 Å². The van der Waals surface area contributed by atoms with Gasteiger partial charge in [-0.05, 0) is 25.7 Å². The third-order valence-electron chi connectivity index (χ3n) is 4.76. The molecule has 0 aromatic heterocycles. The monoisotopic (exact) mass is 298 g/mol. The summed E-state index contributed by atoms with van der Waals surface area (Å²) in [4.78, 5) is 23.5. The van der Waals surface area contributed by atoms with Gasteiger partial charge in [-0.1, -0.05) is 46.0 Å². The number of carbonyl (C=O) groups excluding carboxylic acids is 1. The topological polar surface area (TPSA) is 78.4 Å². The van der Waals surface area contributed by atoms with Crippen LogP contribution in [0.15, 0.2) is 0 Å². The van der Waals surface area contributed by atoms with E-state index < -0.39 is 11.9 Å². The van der Waals surface area contributed by atoms with Crippen LogP contribution in [0.3, 0.4) is 0 Å². The average molecular weight is 298 g/mol. The van der Waals surface area contributed by atoms with Gasteiger partial charge in [-0.25, -0.2) is 4.79 Å². The molecule has 122 valence electrons. The number of urea groups is 1. The molecule has 0 radical (unpaired) electrons. The fourth-order valence-electron chi connectivity index (χ4n) is 3.31. The van der Waals surface area contributed by atoms with Crippen LogP contribution in [0.5, 0.6) is 0 Å². The predicted octanol–water partition coefficient (Wildman–Crippen LogP) is 3.14. The van der Waals surface area contributed by atoms with Crippen LogP contribution in [0.1, 0.15) is 65.7 Å². The maximum absolute atomic E-state index is 12.1. The van der Waals surface area contributed by atoms with Gasteiger partial charge in [0.05, 0.1) is 5.92 Å². The number of carbonyl (C=O) groups is 2. The summed E-state index contributed by atoms with van der Waals surface area (Å²) in [7, 11) is 0.